The summed E-state index contributed by atoms with van der Waals surface area (Å²) in [4.78, 5) is 2.27. The molecule has 1 aromatic carbocycles. The van der Waals surface area contributed by atoms with Crippen molar-refractivity contribution < 1.29 is 4.39 Å². The molecule has 19 heavy (non-hydrogen) atoms. The Morgan fingerprint density at radius 2 is 1.89 bits per heavy atom. The first kappa shape index (κ1) is 16.1. The quantitative estimate of drug-likeness (QED) is 0.854. The predicted molar refractivity (Wildman–Crippen MR) is 79.6 cm³/mol. The second kappa shape index (κ2) is 7.01. The van der Waals surface area contributed by atoms with Crippen molar-refractivity contribution in [1.29, 1.82) is 0 Å². The molecule has 2 unspecified atom stereocenters. The fraction of sp³-hybridized carbons (Fsp3) is 0.625. The number of rotatable bonds is 6. The van der Waals surface area contributed by atoms with Gasteiger partial charge >= 0.3 is 0 Å². The Morgan fingerprint density at radius 3 is 2.42 bits per heavy atom. The van der Waals surface area contributed by atoms with Crippen LogP contribution in [-0.2, 0) is 0 Å². The lowest BCUT2D eigenvalue weighted by Crippen LogP contribution is -2.38. The van der Waals surface area contributed by atoms with Gasteiger partial charge in [-0.25, -0.2) is 4.39 Å². The second-order valence-corrected chi connectivity index (χ2v) is 5.90. The van der Waals surface area contributed by atoms with E-state index in [1.54, 1.807) is 6.07 Å². The van der Waals surface area contributed by atoms with E-state index in [9.17, 15) is 4.39 Å². The van der Waals surface area contributed by atoms with Gasteiger partial charge in [-0.2, -0.15) is 0 Å². The first-order chi connectivity index (χ1) is 8.86. The van der Waals surface area contributed by atoms with Gasteiger partial charge in [0.25, 0.3) is 0 Å². The number of halogens is 1. The molecule has 0 heterocycles. The van der Waals surface area contributed by atoms with Crippen molar-refractivity contribution in [3.8, 4) is 0 Å². The van der Waals surface area contributed by atoms with Crippen LogP contribution in [0, 0.1) is 18.7 Å². The summed E-state index contributed by atoms with van der Waals surface area (Å²) in [7, 11) is 2.08. The van der Waals surface area contributed by atoms with Crippen molar-refractivity contribution in [1.82, 2.24) is 4.90 Å². The van der Waals surface area contributed by atoms with Crippen molar-refractivity contribution in [3.63, 3.8) is 0 Å². The average Bonchev–Trinajstić information content (AvgIpc) is 2.33. The standard InChI is InChI=1S/C16H27FN2/c1-11(2)8-13(4)19(5)16(10-18)15-9-14(17)7-6-12(15)3/h6-7,9,11,13,16H,8,10,18H2,1-5H3. The summed E-state index contributed by atoms with van der Waals surface area (Å²) in [6.07, 6.45) is 1.11. The van der Waals surface area contributed by atoms with Crippen LogP contribution in [0.3, 0.4) is 0 Å². The summed E-state index contributed by atoms with van der Waals surface area (Å²) in [5.41, 5.74) is 8.03. The summed E-state index contributed by atoms with van der Waals surface area (Å²) < 4.78 is 13.5. The van der Waals surface area contributed by atoms with Crippen LogP contribution < -0.4 is 5.73 Å². The van der Waals surface area contributed by atoms with E-state index >= 15 is 0 Å². The van der Waals surface area contributed by atoms with E-state index in [-0.39, 0.29) is 11.9 Å². The number of aryl methyl sites for hydroxylation is 1. The Hall–Kier alpha value is -0.930. The molecule has 0 radical (unpaired) electrons. The third-order valence-corrected chi connectivity index (χ3v) is 3.82. The summed E-state index contributed by atoms with van der Waals surface area (Å²) in [6.45, 7) is 9.16. The first-order valence-corrected chi connectivity index (χ1v) is 7.04. The zero-order chi connectivity index (χ0) is 14.6. The van der Waals surface area contributed by atoms with E-state index in [0.29, 0.717) is 18.5 Å². The fourth-order valence-corrected chi connectivity index (χ4v) is 2.64. The van der Waals surface area contributed by atoms with E-state index in [0.717, 1.165) is 17.5 Å². The lowest BCUT2D eigenvalue weighted by atomic mass is 9.96. The number of benzene rings is 1. The Kier molecular flexibility index (Phi) is 5.95. The lowest BCUT2D eigenvalue weighted by molar-refractivity contribution is 0.168. The Balaban J connectivity index is 2.96. The third kappa shape index (κ3) is 4.29. The van der Waals surface area contributed by atoms with E-state index in [1.807, 2.05) is 13.0 Å². The van der Waals surface area contributed by atoms with Crippen molar-refractivity contribution in [2.45, 2.75) is 46.2 Å². The van der Waals surface area contributed by atoms with E-state index in [4.69, 9.17) is 5.73 Å². The molecular formula is C16H27FN2. The van der Waals surface area contributed by atoms with Crippen LogP contribution >= 0.6 is 0 Å². The molecule has 2 nitrogen and oxygen atoms in total. The van der Waals surface area contributed by atoms with Crippen molar-refractivity contribution in [3.05, 3.63) is 35.1 Å². The van der Waals surface area contributed by atoms with E-state index < -0.39 is 0 Å². The lowest BCUT2D eigenvalue weighted by Gasteiger charge is -2.34. The van der Waals surface area contributed by atoms with Gasteiger partial charge in [-0.15, -0.1) is 0 Å². The summed E-state index contributed by atoms with van der Waals surface area (Å²) >= 11 is 0. The second-order valence-electron chi connectivity index (χ2n) is 5.90. The average molecular weight is 266 g/mol. The Morgan fingerprint density at radius 1 is 1.26 bits per heavy atom. The molecule has 0 aliphatic carbocycles. The molecule has 0 amide bonds. The minimum absolute atomic E-state index is 0.0736. The number of likely N-dealkylation sites (N-methyl/N-ethyl adjacent to an activating group) is 1. The van der Waals surface area contributed by atoms with Gasteiger partial charge in [-0.05, 0) is 56.5 Å². The molecule has 0 fully saturated rings. The molecule has 0 spiro atoms. The number of hydrogen-bond donors (Lipinski definition) is 1. The molecule has 3 heteroatoms. The van der Waals surface area contributed by atoms with Gasteiger partial charge in [-0.3, -0.25) is 4.90 Å². The first-order valence-electron chi connectivity index (χ1n) is 7.04. The Bertz CT molecular complexity index is 404. The van der Waals surface area contributed by atoms with Gasteiger partial charge in [0.05, 0.1) is 0 Å². The normalized spacial score (nSPS) is 15.0. The van der Waals surface area contributed by atoms with Crippen LogP contribution in [0.2, 0.25) is 0 Å². The maximum absolute atomic E-state index is 13.5. The van der Waals surface area contributed by atoms with Crippen LogP contribution in [0.25, 0.3) is 0 Å². The summed E-state index contributed by atoms with van der Waals surface area (Å²) in [5, 5.41) is 0. The molecule has 0 aliphatic rings. The molecule has 2 atom stereocenters. The number of nitrogens with zero attached hydrogens (tertiary/aromatic N) is 1. The molecular weight excluding hydrogens is 239 g/mol. The number of hydrogen-bond acceptors (Lipinski definition) is 2. The molecule has 108 valence electrons. The summed E-state index contributed by atoms with van der Waals surface area (Å²) in [6, 6.07) is 5.45. The molecule has 2 N–H and O–H groups in total. The van der Waals surface area contributed by atoms with Crippen LogP contribution in [0.4, 0.5) is 4.39 Å². The zero-order valence-electron chi connectivity index (χ0n) is 12.8. The molecule has 1 rings (SSSR count). The van der Waals surface area contributed by atoms with Gasteiger partial charge in [0.2, 0.25) is 0 Å². The SMILES string of the molecule is Cc1ccc(F)cc1C(CN)N(C)C(C)CC(C)C. The third-order valence-electron chi connectivity index (χ3n) is 3.82. The fourth-order valence-electron chi connectivity index (χ4n) is 2.64. The van der Waals surface area contributed by atoms with Crippen molar-refractivity contribution >= 4 is 0 Å². The minimum Gasteiger partial charge on any atom is -0.329 e. The van der Waals surface area contributed by atoms with Gasteiger partial charge in [0, 0.05) is 18.6 Å². The van der Waals surface area contributed by atoms with Crippen LogP contribution in [0.5, 0.6) is 0 Å². The topological polar surface area (TPSA) is 29.3 Å². The summed E-state index contributed by atoms with van der Waals surface area (Å²) in [5.74, 6) is 0.452. The van der Waals surface area contributed by atoms with Gasteiger partial charge in [0.15, 0.2) is 0 Å². The molecule has 0 bridgehead atoms. The van der Waals surface area contributed by atoms with Crippen molar-refractivity contribution in [2.75, 3.05) is 13.6 Å². The van der Waals surface area contributed by atoms with Crippen LogP contribution in [0.1, 0.15) is 44.4 Å². The van der Waals surface area contributed by atoms with E-state index in [1.165, 1.54) is 6.07 Å². The largest absolute Gasteiger partial charge is 0.329 e. The monoisotopic (exact) mass is 266 g/mol. The number of nitrogens with two attached hydrogens (primary N) is 1. The Labute approximate surface area is 116 Å². The molecule has 1 aromatic rings. The zero-order valence-corrected chi connectivity index (χ0v) is 12.8. The van der Waals surface area contributed by atoms with Gasteiger partial charge in [0.1, 0.15) is 5.82 Å². The van der Waals surface area contributed by atoms with Gasteiger partial charge < -0.3 is 5.73 Å². The molecule has 0 saturated heterocycles. The molecule has 0 aliphatic heterocycles. The predicted octanol–water partition coefficient (Wildman–Crippen LogP) is 3.50. The highest BCUT2D eigenvalue weighted by Gasteiger charge is 2.22. The maximum Gasteiger partial charge on any atom is 0.123 e. The highest BCUT2D eigenvalue weighted by molar-refractivity contribution is 5.30. The van der Waals surface area contributed by atoms with Gasteiger partial charge in [-0.1, -0.05) is 19.9 Å². The molecule has 0 saturated carbocycles. The van der Waals surface area contributed by atoms with E-state index in [2.05, 4.69) is 32.7 Å². The highest BCUT2D eigenvalue weighted by Crippen LogP contribution is 2.26. The highest BCUT2D eigenvalue weighted by atomic mass is 19.1. The van der Waals surface area contributed by atoms with Crippen LogP contribution in [0.15, 0.2) is 18.2 Å². The smallest absolute Gasteiger partial charge is 0.123 e. The molecule has 0 aromatic heterocycles. The van der Waals surface area contributed by atoms with Crippen molar-refractivity contribution in [2.24, 2.45) is 11.7 Å². The maximum atomic E-state index is 13.5. The minimum atomic E-state index is -0.191. The van der Waals surface area contributed by atoms with Crippen LogP contribution in [-0.4, -0.2) is 24.5 Å².